The number of carbonyl (C=O) groups excluding carboxylic acids is 1. The Morgan fingerprint density at radius 3 is 2.97 bits per heavy atom. The van der Waals surface area contributed by atoms with Crippen molar-refractivity contribution in [3.05, 3.63) is 36.2 Å². The zero-order valence-electron chi connectivity index (χ0n) is 17.9. The first-order valence-corrected chi connectivity index (χ1v) is 10.2. The van der Waals surface area contributed by atoms with Gasteiger partial charge < -0.3 is 24.0 Å². The van der Waals surface area contributed by atoms with Crippen LogP contribution in [-0.2, 0) is 11.2 Å². The van der Waals surface area contributed by atoms with E-state index in [-0.39, 0.29) is 24.2 Å². The number of aromatic nitrogens is 2. The van der Waals surface area contributed by atoms with Crippen molar-refractivity contribution >= 4 is 11.7 Å². The van der Waals surface area contributed by atoms with Gasteiger partial charge in [0, 0.05) is 39.0 Å². The Labute approximate surface area is 176 Å². The zero-order chi connectivity index (χ0) is 21.3. The molecule has 0 N–H and O–H groups in total. The largest absolute Gasteiger partial charge is 0.483 e. The summed E-state index contributed by atoms with van der Waals surface area (Å²) in [4.78, 5) is 24.9. The highest BCUT2D eigenvalue weighted by atomic mass is 16.5. The maximum atomic E-state index is 12.7. The Kier molecular flexibility index (Phi) is 5.40. The SMILES string of the molecule is CN(C)c1cncc(OC2CCN(C(=O)COc3cccc4c3OC(C)(C)C4)C2)n1. The molecule has 0 spiro atoms. The minimum absolute atomic E-state index is 0.0249. The second kappa shape index (κ2) is 8.01. The van der Waals surface area contributed by atoms with Crippen molar-refractivity contribution in [3.63, 3.8) is 0 Å². The van der Waals surface area contributed by atoms with Crippen LogP contribution in [0.3, 0.4) is 0 Å². The van der Waals surface area contributed by atoms with Crippen molar-refractivity contribution < 1.29 is 19.0 Å². The predicted molar refractivity (Wildman–Crippen MR) is 112 cm³/mol. The van der Waals surface area contributed by atoms with Crippen molar-refractivity contribution in [1.29, 1.82) is 0 Å². The van der Waals surface area contributed by atoms with Gasteiger partial charge in [-0.3, -0.25) is 9.78 Å². The average Bonchev–Trinajstić information content (AvgIpc) is 3.29. The van der Waals surface area contributed by atoms with Gasteiger partial charge in [-0.1, -0.05) is 12.1 Å². The molecule has 0 aliphatic carbocycles. The standard InChI is InChI=1S/C22H28N4O4/c1-22(2)10-15-6-5-7-17(21(15)30-22)28-14-20(27)26-9-8-16(13-26)29-19-12-23-11-18(24-19)25(3)4/h5-7,11-12,16H,8-10,13-14H2,1-4H3. The summed E-state index contributed by atoms with van der Waals surface area (Å²) in [5.74, 6) is 2.50. The fourth-order valence-electron chi connectivity index (χ4n) is 3.76. The van der Waals surface area contributed by atoms with Gasteiger partial charge in [-0.2, -0.15) is 4.98 Å². The minimum Gasteiger partial charge on any atom is -0.483 e. The van der Waals surface area contributed by atoms with E-state index in [1.807, 2.05) is 51.0 Å². The smallest absolute Gasteiger partial charge is 0.260 e. The number of rotatable bonds is 6. The second-order valence-corrected chi connectivity index (χ2v) is 8.55. The van der Waals surface area contributed by atoms with Gasteiger partial charge in [0.15, 0.2) is 23.9 Å². The van der Waals surface area contributed by atoms with Crippen LogP contribution in [0, 0.1) is 0 Å². The van der Waals surface area contributed by atoms with Gasteiger partial charge in [-0.05, 0) is 19.9 Å². The number of hydrogen-bond donors (Lipinski definition) is 0. The summed E-state index contributed by atoms with van der Waals surface area (Å²) >= 11 is 0. The topological polar surface area (TPSA) is 77.0 Å². The number of carbonyl (C=O) groups is 1. The number of nitrogens with zero attached hydrogens (tertiary/aromatic N) is 4. The predicted octanol–water partition coefficient (Wildman–Crippen LogP) is 2.31. The van der Waals surface area contributed by atoms with E-state index >= 15 is 0 Å². The number of anilines is 1. The summed E-state index contributed by atoms with van der Waals surface area (Å²) in [6.45, 7) is 5.20. The maximum Gasteiger partial charge on any atom is 0.260 e. The molecule has 4 rings (SSSR count). The summed E-state index contributed by atoms with van der Waals surface area (Å²) in [7, 11) is 3.80. The lowest BCUT2D eigenvalue weighted by Gasteiger charge is -2.19. The number of benzene rings is 1. The van der Waals surface area contributed by atoms with E-state index in [1.165, 1.54) is 0 Å². The van der Waals surface area contributed by atoms with Crippen LogP contribution in [0.15, 0.2) is 30.6 Å². The molecule has 2 aromatic rings. The lowest BCUT2D eigenvalue weighted by Crippen LogP contribution is -2.34. The Balaban J connectivity index is 1.31. The van der Waals surface area contributed by atoms with Crippen LogP contribution in [0.25, 0.3) is 0 Å². The van der Waals surface area contributed by atoms with Gasteiger partial charge in [0.1, 0.15) is 11.7 Å². The van der Waals surface area contributed by atoms with Crippen LogP contribution in [0.2, 0.25) is 0 Å². The van der Waals surface area contributed by atoms with Crippen LogP contribution in [-0.4, -0.2) is 66.3 Å². The number of fused-ring (bicyclic) bond motifs is 1. The van der Waals surface area contributed by atoms with Gasteiger partial charge in [0.05, 0.1) is 18.9 Å². The van der Waals surface area contributed by atoms with Crippen molar-refractivity contribution in [1.82, 2.24) is 14.9 Å². The molecule has 1 fully saturated rings. The van der Waals surface area contributed by atoms with E-state index in [1.54, 1.807) is 17.3 Å². The molecule has 2 aliphatic heterocycles. The fraction of sp³-hybridized carbons (Fsp3) is 0.500. The van der Waals surface area contributed by atoms with Crippen LogP contribution in [0.5, 0.6) is 17.4 Å². The van der Waals surface area contributed by atoms with Crippen LogP contribution < -0.4 is 19.1 Å². The van der Waals surface area contributed by atoms with Gasteiger partial charge in [-0.15, -0.1) is 0 Å². The van der Waals surface area contributed by atoms with Crippen molar-refractivity contribution in [2.75, 3.05) is 38.7 Å². The highest BCUT2D eigenvalue weighted by Gasteiger charge is 2.33. The maximum absolute atomic E-state index is 12.7. The third-order valence-electron chi connectivity index (χ3n) is 5.25. The molecule has 1 amide bonds. The van der Waals surface area contributed by atoms with Gasteiger partial charge in [-0.25, -0.2) is 0 Å². The first-order chi connectivity index (χ1) is 14.3. The molecule has 160 valence electrons. The molecule has 1 saturated heterocycles. The van der Waals surface area contributed by atoms with E-state index in [9.17, 15) is 4.79 Å². The number of amides is 1. The van der Waals surface area contributed by atoms with Crippen molar-refractivity contribution in [2.24, 2.45) is 0 Å². The third-order valence-corrected chi connectivity index (χ3v) is 5.25. The molecule has 0 bridgehead atoms. The monoisotopic (exact) mass is 412 g/mol. The summed E-state index contributed by atoms with van der Waals surface area (Å²) in [5, 5.41) is 0. The first kappa shape index (κ1) is 20.3. The van der Waals surface area contributed by atoms with Crippen LogP contribution in [0.1, 0.15) is 25.8 Å². The van der Waals surface area contributed by atoms with E-state index in [0.29, 0.717) is 24.7 Å². The average molecular weight is 412 g/mol. The lowest BCUT2D eigenvalue weighted by molar-refractivity contribution is -0.132. The molecule has 3 heterocycles. The molecule has 1 atom stereocenters. The molecule has 1 unspecified atom stereocenters. The second-order valence-electron chi connectivity index (χ2n) is 8.55. The van der Waals surface area contributed by atoms with E-state index < -0.39 is 0 Å². The number of hydrogen-bond acceptors (Lipinski definition) is 7. The number of para-hydroxylation sites is 1. The highest BCUT2D eigenvalue weighted by Crippen LogP contribution is 2.41. The minimum atomic E-state index is -0.252. The van der Waals surface area contributed by atoms with Gasteiger partial charge >= 0.3 is 0 Å². The Morgan fingerprint density at radius 1 is 1.33 bits per heavy atom. The molecule has 0 radical (unpaired) electrons. The van der Waals surface area contributed by atoms with Gasteiger partial charge in [0.25, 0.3) is 5.91 Å². The molecule has 1 aromatic carbocycles. The van der Waals surface area contributed by atoms with Crippen molar-refractivity contribution in [2.45, 2.75) is 38.4 Å². The molecule has 0 saturated carbocycles. The zero-order valence-corrected chi connectivity index (χ0v) is 17.9. The summed E-state index contributed by atoms with van der Waals surface area (Å²) in [5.41, 5.74) is 0.860. The Bertz CT molecular complexity index is 931. The highest BCUT2D eigenvalue weighted by molar-refractivity contribution is 5.78. The molecule has 8 heteroatoms. The lowest BCUT2D eigenvalue weighted by atomic mass is 10.0. The normalized spacial score (nSPS) is 19.2. The van der Waals surface area contributed by atoms with E-state index in [0.717, 1.165) is 30.0 Å². The Hall–Kier alpha value is -3.03. The van der Waals surface area contributed by atoms with Crippen LogP contribution in [0.4, 0.5) is 5.82 Å². The first-order valence-electron chi connectivity index (χ1n) is 10.2. The molecule has 8 nitrogen and oxygen atoms in total. The Morgan fingerprint density at radius 2 is 2.17 bits per heavy atom. The molecule has 30 heavy (non-hydrogen) atoms. The number of likely N-dealkylation sites (tertiary alicyclic amines) is 1. The molecular weight excluding hydrogens is 384 g/mol. The van der Waals surface area contributed by atoms with E-state index in [2.05, 4.69) is 9.97 Å². The fourth-order valence-corrected chi connectivity index (χ4v) is 3.76. The number of ether oxygens (including phenoxy) is 3. The summed E-state index contributed by atoms with van der Waals surface area (Å²) in [6, 6.07) is 5.82. The van der Waals surface area contributed by atoms with Crippen molar-refractivity contribution in [3.8, 4) is 17.4 Å². The van der Waals surface area contributed by atoms with Crippen LogP contribution >= 0.6 is 0 Å². The van der Waals surface area contributed by atoms with Gasteiger partial charge in [0.2, 0.25) is 5.88 Å². The molecular formula is C22H28N4O4. The van der Waals surface area contributed by atoms with E-state index in [4.69, 9.17) is 14.2 Å². The molecule has 2 aliphatic rings. The summed E-state index contributed by atoms with van der Waals surface area (Å²) < 4.78 is 17.8. The third kappa shape index (κ3) is 4.42. The summed E-state index contributed by atoms with van der Waals surface area (Å²) in [6.07, 6.45) is 4.75. The quantitative estimate of drug-likeness (QED) is 0.721. The molecule has 1 aromatic heterocycles.